The van der Waals surface area contributed by atoms with Gasteiger partial charge in [-0.25, -0.2) is 14.4 Å². The van der Waals surface area contributed by atoms with Crippen LogP contribution in [0.4, 0.5) is 15.9 Å². The first kappa shape index (κ1) is 19.6. The van der Waals surface area contributed by atoms with Gasteiger partial charge in [0.2, 0.25) is 0 Å². The summed E-state index contributed by atoms with van der Waals surface area (Å²) < 4.78 is 18.8. The summed E-state index contributed by atoms with van der Waals surface area (Å²) in [4.78, 5) is 13.7. The molecule has 2 heterocycles. The molecule has 0 fully saturated rings. The van der Waals surface area contributed by atoms with E-state index >= 15 is 0 Å². The van der Waals surface area contributed by atoms with Crippen LogP contribution < -0.4 is 10.1 Å². The number of hydrogen-bond acceptors (Lipinski definition) is 5. The van der Waals surface area contributed by atoms with E-state index in [1.807, 2.05) is 54.6 Å². The molecule has 0 aliphatic rings. The van der Waals surface area contributed by atoms with Crippen LogP contribution in [0.3, 0.4) is 0 Å². The Morgan fingerprint density at radius 1 is 0.812 bits per heavy atom. The number of aromatic nitrogens is 3. The highest BCUT2D eigenvalue weighted by Crippen LogP contribution is 2.32. The van der Waals surface area contributed by atoms with Gasteiger partial charge in [0, 0.05) is 29.0 Å². The molecule has 0 aliphatic heterocycles. The maximum Gasteiger partial charge on any atom is 0.163 e. The minimum absolute atomic E-state index is 0.292. The van der Waals surface area contributed by atoms with Crippen molar-refractivity contribution < 1.29 is 9.13 Å². The van der Waals surface area contributed by atoms with Gasteiger partial charge in [-0.1, -0.05) is 18.2 Å². The van der Waals surface area contributed by atoms with Gasteiger partial charge in [0.1, 0.15) is 17.4 Å². The molecular formula is C26H19FN4O. The van der Waals surface area contributed by atoms with Crippen LogP contribution in [0.2, 0.25) is 0 Å². The molecule has 5 aromatic rings. The van der Waals surface area contributed by atoms with E-state index in [4.69, 9.17) is 14.7 Å². The molecule has 156 valence electrons. The zero-order valence-corrected chi connectivity index (χ0v) is 17.3. The number of halogens is 1. The fourth-order valence-electron chi connectivity index (χ4n) is 3.50. The lowest BCUT2D eigenvalue weighted by Gasteiger charge is -2.13. The molecule has 0 unspecified atom stereocenters. The highest BCUT2D eigenvalue weighted by atomic mass is 19.1. The van der Waals surface area contributed by atoms with Gasteiger partial charge < -0.3 is 10.1 Å². The number of pyridine rings is 1. The molecule has 6 heteroatoms. The molecule has 2 aromatic heterocycles. The Hall–Kier alpha value is -4.32. The van der Waals surface area contributed by atoms with E-state index in [-0.39, 0.29) is 5.82 Å². The van der Waals surface area contributed by atoms with E-state index in [1.165, 1.54) is 12.1 Å². The van der Waals surface area contributed by atoms with Crippen LogP contribution in [0.5, 0.6) is 5.75 Å². The first-order valence-corrected chi connectivity index (χ1v) is 10.1. The predicted octanol–water partition coefficient (Wildman–Crippen LogP) is 6.25. The maximum absolute atomic E-state index is 13.4. The lowest BCUT2D eigenvalue weighted by atomic mass is 10.0. The first-order chi connectivity index (χ1) is 15.7. The van der Waals surface area contributed by atoms with Gasteiger partial charge in [-0.05, 0) is 71.8 Å². The quantitative estimate of drug-likeness (QED) is 0.363. The van der Waals surface area contributed by atoms with Gasteiger partial charge >= 0.3 is 0 Å². The van der Waals surface area contributed by atoms with Crippen molar-refractivity contribution in [2.45, 2.75) is 0 Å². The number of anilines is 2. The van der Waals surface area contributed by atoms with Crippen molar-refractivity contribution in [3.8, 4) is 28.3 Å². The van der Waals surface area contributed by atoms with Crippen LogP contribution >= 0.6 is 0 Å². The topological polar surface area (TPSA) is 59.9 Å². The SMILES string of the molecule is COc1cccc(-c2ccc3nc(-c4cccnc4)nc(Nc4ccc(F)cc4)c3c2)c1. The lowest BCUT2D eigenvalue weighted by molar-refractivity contribution is 0.415. The van der Waals surface area contributed by atoms with Gasteiger partial charge in [-0.3, -0.25) is 4.98 Å². The summed E-state index contributed by atoms with van der Waals surface area (Å²) in [5.74, 6) is 1.68. The number of nitrogens with zero attached hydrogens (tertiary/aromatic N) is 3. The van der Waals surface area contributed by atoms with Crippen LogP contribution in [0.15, 0.2) is 91.3 Å². The maximum atomic E-state index is 13.4. The Labute approximate surface area is 184 Å². The Morgan fingerprint density at radius 2 is 1.62 bits per heavy atom. The molecule has 0 spiro atoms. The summed E-state index contributed by atoms with van der Waals surface area (Å²) in [6, 6.07) is 23.9. The van der Waals surface area contributed by atoms with Crippen LogP contribution in [0, 0.1) is 5.82 Å². The monoisotopic (exact) mass is 422 g/mol. The molecule has 0 saturated carbocycles. The molecule has 32 heavy (non-hydrogen) atoms. The Morgan fingerprint density at radius 3 is 2.41 bits per heavy atom. The smallest absolute Gasteiger partial charge is 0.163 e. The van der Waals surface area contributed by atoms with E-state index in [1.54, 1.807) is 31.6 Å². The van der Waals surface area contributed by atoms with Crippen LogP contribution in [-0.2, 0) is 0 Å². The third-order valence-electron chi connectivity index (χ3n) is 5.13. The summed E-state index contributed by atoms with van der Waals surface area (Å²) >= 11 is 0. The predicted molar refractivity (Wildman–Crippen MR) is 124 cm³/mol. The Balaban J connectivity index is 1.66. The molecule has 0 radical (unpaired) electrons. The van der Waals surface area contributed by atoms with Crippen LogP contribution in [0.25, 0.3) is 33.4 Å². The van der Waals surface area contributed by atoms with Gasteiger partial charge in [0.25, 0.3) is 0 Å². The number of nitrogens with one attached hydrogen (secondary N) is 1. The van der Waals surface area contributed by atoms with Crippen LogP contribution in [0.1, 0.15) is 0 Å². The van der Waals surface area contributed by atoms with Gasteiger partial charge in [-0.2, -0.15) is 0 Å². The number of benzene rings is 3. The molecule has 5 nitrogen and oxygen atoms in total. The minimum atomic E-state index is -0.292. The average molecular weight is 422 g/mol. The minimum Gasteiger partial charge on any atom is -0.497 e. The molecular weight excluding hydrogens is 403 g/mol. The van der Waals surface area contributed by atoms with Crippen molar-refractivity contribution in [3.05, 3.63) is 97.1 Å². The molecule has 0 amide bonds. The summed E-state index contributed by atoms with van der Waals surface area (Å²) in [7, 11) is 1.65. The fourth-order valence-corrected chi connectivity index (χ4v) is 3.50. The number of fused-ring (bicyclic) bond motifs is 1. The summed E-state index contributed by atoms with van der Waals surface area (Å²) in [5.41, 5.74) is 4.37. The van der Waals surface area contributed by atoms with Gasteiger partial charge in [0.15, 0.2) is 5.82 Å². The third kappa shape index (κ3) is 3.98. The molecule has 3 aromatic carbocycles. The second-order valence-corrected chi connectivity index (χ2v) is 7.23. The Bertz CT molecular complexity index is 1390. The second kappa shape index (κ2) is 8.43. The zero-order chi connectivity index (χ0) is 21.9. The number of rotatable bonds is 5. The molecule has 0 aliphatic carbocycles. The van der Waals surface area contributed by atoms with Crippen molar-refractivity contribution in [2.75, 3.05) is 12.4 Å². The number of hydrogen-bond donors (Lipinski definition) is 1. The van der Waals surface area contributed by atoms with Crippen LogP contribution in [-0.4, -0.2) is 22.1 Å². The van der Waals surface area contributed by atoms with Crippen molar-refractivity contribution in [1.82, 2.24) is 15.0 Å². The van der Waals surface area contributed by atoms with Crippen molar-refractivity contribution in [1.29, 1.82) is 0 Å². The van der Waals surface area contributed by atoms with E-state index in [2.05, 4.69) is 10.3 Å². The normalized spacial score (nSPS) is 10.8. The van der Waals surface area contributed by atoms with Crippen molar-refractivity contribution in [3.63, 3.8) is 0 Å². The van der Waals surface area contributed by atoms with Crippen molar-refractivity contribution >= 4 is 22.4 Å². The number of methoxy groups -OCH3 is 1. The second-order valence-electron chi connectivity index (χ2n) is 7.23. The fraction of sp³-hybridized carbons (Fsp3) is 0.0385. The number of ether oxygens (including phenoxy) is 1. The lowest BCUT2D eigenvalue weighted by Crippen LogP contribution is -2.00. The van der Waals surface area contributed by atoms with E-state index < -0.39 is 0 Å². The Kier molecular flexibility index (Phi) is 5.17. The van der Waals surface area contributed by atoms with E-state index in [0.29, 0.717) is 11.6 Å². The largest absolute Gasteiger partial charge is 0.497 e. The molecule has 0 atom stereocenters. The molecule has 0 saturated heterocycles. The zero-order valence-electron chi connectivity index (χ0n) is 17.3. The first-order valence-electron chi connectivity index (χ1n) is 10.1. The van der Waals surface area contributed by atoms with Gasteiger partial charge in [-0.15, -0.1) is 0 Å². The highest BCUT2D eigenvalue weighted by Gasteiger charge is 2.12. The van der Waals surface area contributed by atoms with Gasteiger partial charge in [0.05, 0.1) is 12.6 Å². The molecule has 1 N–H and O–H groups in total. The summed E-state index contributed by atoms with van der Waals surface area (Å²) in [6.45, 7) is 0. The highest BCUT2D eigenvalue weighted by molar-refractivity contribution is 5.95. The van der Waals surface area contributed by atoms with E-state index in [0.717, 1.165) is 39.0 Å². The van der Waals surface area contributed by atoms with E-state index in [9.17, 15) is 4.39 Å². The molecule has 5 rings (SSSR count). The summed E-state index contributed by atoms with van der Waals surface area (Å²) in [5, 5.41) is 4.17. The standard InChI is InChI=1S/C26H19FN4O/c1-32-22-6-2-4-17(14-22)18-7-12-24-23(15-18)26(29-21-10-8-20(27)9-11-21)31-25(30-24)19-5-3-13-28-16-19/h2-16H,1H3,(H,29,30,31). The average Bonchev–Trinajstić information content (AvgIpc) is 2.85. The molecule has 0 bridgehead atoms. The third-order valence-corrected chi connectivity index (χ3v) is 5.13. The van der Waals surface area contributed by atoms with Crippen molar-refractivity contribution in [2.24, 2.45) is 0 Å². The summed E-state index contributed by atoms with van der Waals surface area (Å²) in [6.07, 6.45) is 3.44.